The quantitative estimate of drug-likeness (QED) is 0.251. The number of cyclic esters (lactones) is 1. The highest BCUT2D eigenvalue weighted by Crippen LogP contribution is 2.41. The topological polar surface area (TPSA) is 106 Å². The number of nitrogens with zero attached hydrogens (tertiary/aromatic N) is 1. The average Bonchev–Trinajstić information content (AvgIpc) is 3.59. The standard InChI is InChI=1S/C29H34ClN3O6S/c1-18(9-11-24(34)38-14-12-33-13-15-40-17-33)8-10-20-26(32-29(36)31-23-7-5-4-6-22(23)30)25-21(16-39-28(25)35)19(2)27(20)37-3/h4-8H,9-17H2,1-3H3,(H2,31,32,36). The molecule has 0 bridgehead atoms. The lowest BCUT2D eigenvalue weighted by molar-refractivity contribution is -0.143. The van der Waals surface area contributed by atoms with Gasteiger partial charge in [0.25, 0.3) is 0 Å². The van der Waals surface area contributed by atoms with Gasteiger partial charge >= 0.3 is 18.0 Å². The van der Waals surface area contributed by atoms with Crippen molar-refractivity contribution < 1.29 is 28.6 Å². The Balaban J connectivity index is 1.48. The fraction of sp³-hybridized carbons (Fsp3) is 0.414. The Labute approximate surface area is 243 Å². The molecule has 1 fully saturated rings. The molecule has 0 saturated carbocycles. The molecule has 2 N–H and O–H groups in total. The normalized spacial score (nSPS) is 15.0. The molecule has 0 aromatic heterocycles. The molecule has 9 nitrogen and oxygen atoms in total. The van der Waals surface area contributed by atoms with E-state index >= 15 is 0 Å². The van der Waals surface area contributed by atoms with Crippen LogP contribution in [0.4, 0.5) is 16.2 Å². The predicted molar refractivity (Wildman–Crippen MR) is 157 cm³/mol. The van der Waals surface area contributed by atoms with Gasteiger partial charge in [0.05, 0.1) is 29.1 Å². The van der Waals surface area contributed by atoms with Crippen molar-refractivity contribution in [1.29, 1.82) is 0 Å². The molecule has 2 heterocycles. The maximum Gasteiger partial charge on any atom is 0.341 e. The van der Waals surface area contributed by atoms with Crippen LogP contribution < -0.4 is 15.4 Å². The summed E-state index contributed by atoms with van der Waals surface area (Å²) in [5.41, 5.74) is 4.14. The number of hydrogen-bond donors (Lipinski definition) is 2. The number of methoxy groups -OCH3 is 1. The van der Waals surface area contributed by atoms with Gasteiger partial charge in [0.2, 0.25) is 0 Å². The highest BCUT2D eigenvalue weighted by Gasteiger charge is 2.32. The molecule has 0 spiro atoms. The Morgan fingerprint density at radius 3 is 2.75 bits per heavy atom. The van der Waals surface area contributed by atoms with Gasteiger partial charge < -0.3 is 24.8 Å². The molecule has 214 valence electrons. The van der Waals surface area contributed by atoms with E-state index in [1.54, 1.807) is 31.4 Å². The molecule has 2 aliphatic heterocycles. The van der Waals surface area contributed by atoms with Gasteiger partial charge in [-0.1, -0.05) is 35.4 Å². The zero-order valence-electron chi connectivity index (χ0n) is 22.9. The molecule has 2 amide bonds. The van der Waals surface area contributed by atoms with Crippen LogP contribution in [0.3, 0.4) is 0 Å². The SMILES string of the molecule is COc1c(C)c2c(c(NC(=O)Nc3ccccc3Cl)c1CC=C(C)CCC(=O)OCCN1CCSC1)C(=O)OC2. The van der Waals surface area contributed by atoms with Gasteiger partial charge in [0.15, 0.2) is 0 Å². The summed E-state index contributed by atoms with van der Waals surface area (Å²) in [5.74, 6) is 1.93. The van der Waals surface area contributed by atoms with Crippen molar-refractivity contribution >= 4 is 52.7 Å². The van der Waals surface area contributed by atoms with Crippen LogP contribution in [-0.4, -0.2) is 61.3 Å². The third-order valence-corrected chi connectivity index (χ3v) is 8.26. The van der Waals surface area contributed by atoms with Gasteiger partial charge in [0, 0.05) is 42.3 Å². The van der Waals surface area contributed by atoms with Gasteiger partial charge in [-0.3, -0.25) is 9.69 Å². The highest BCUT2D eigenvalue weighted by molar-refractivity contribution is 7.99. The summed E-state index contributed by atoms with van der Waals surface area (Å²) < 4.78 is 16.5. The zero-order chi connectivity index (χ0) is 28.6. The van der Waals surface area contributed by atoms with Crippen molar-refractivity contribution in [1.82, 2.24) is 4.90 Å². The zero-order valence-corrected chi connectivity index (χ0v) is 24.5. The molecular formula is C29H34ClN3O6S. The monoisotopic (exact) mass is 587 g/mol. The fourth-order valence-electron chi connectivity index (χ4n) is 4.69. The molecule has 1 saturated heterocycles. The summed E-state index contributed by atoms with van der Waals surface area (Å²) in [6, 6.07) is 6.31. The van der Waals surface area contributed by atoms with Crippen molar-refractivity contribution in [3.8, 4) is 5.75 Å². The molecule has 0 atom stereocenters. The second kappa shape index (κ2) is 13.9. The lowest BCUT2D eigenvalue weighted by atomic mass is 9.93. The number of urea groups is 1. The molecule has 4 rings (SSSR count). The molecule has 11 heteroatoms. The smallest absolute Gasteiger partial charge is 0.341 e. The number of benzene rings is 2. The number of fused-ring (bicyclic) bond motifs is 1. The van der Waals surface area contributed by atoms with Crippen LogP contribution in [0.15, 0.2) is 35.9 Å². The van der Waals surface area contributed by atoms with E-state index in [0.29, 0.717) is 58.3 Å². The minimum Gasteiger partial charge on any atom is -0.496 e. The lowest BCUT2D eigenvalue weighted by Crippen LogP contribution is -2.25. The molecule has 2 aliphatic rings. The Morgan fingerprint density at radius 2 is 2.02 bits per heavy atom. The van der Waals surface area contributed by atoms with Gasteiger partial charge in [-0.2, -0.15) is 0 Å². The van der Waals surface area contributed by atoms with Crippen molar-refractivity contribution in [2.45, 2.75) is 39.7 Å². The Kier molecular flexibility index (Phi) is 10.4. The number of ether oxygens (including phenoxy) is 3. The van der Waals surface area contributed by atoms with E-state index in [0.717, 1.165) is 35.9 Å². The summed E-state index contributed by atoms with van der Waals surface area (Å²) in [5, 5.41) is 5.96. The summed E-state index contributed by atoms with van der Waals surface area (Å²) in [6.45, 7) is 6.09. The number of esters is 2. The minimum absolute atomic E-state index is 0.102. The summed E-state index contributed by atoms with van der Waals surface area (Å²) in [4.78, 5) is 40.3. The number of allylic oxidation sites excluding steroid dienone is 2. The number of thioether (sulfide) groups is 1. The van der Waals surface area contributed by atoms with Gasteiger partial charge in [-0.15, -0.1) is 11.8 Å². The number of carbonyl (C=O) groups is 3. The molecule has 0 radical (unpaired) electrons. The summed E-state index contributed by atoms with van der Waals surface area (Å²) >= 11 is 8.09. The Morgan fingerprint density at radius 1 is 1.23 bits per heavy atom. The van der Waals surface area contributed by atoms with E-state index in [1.165, 1.54) is 0 Å². The van der Waals surface area contributed by atoms with E-state index in [2.05, 4.69) is 15.5 Å². The molecule has 2 aromatic carbocycles. The maximum absolute atomic E-state index is 13.0. The van der Waals surface area contributed by atoms with E-state index in [4.69, 9.17) is 25.8 Å². The first-order chi connectivity index (χ1) is 19.3. The van der Waals surface area contributed by atoms with Crippen LogP contribution in [0.2, 0.25) is 5.02 Å². The number of hydrogen-bond acceptors (Lipinski definition) is 8. The van der Waals surface area contributed by atoms with Crippen LogP contribution >= 0.6 is 23.4 Å². The van der Waals surface area contributed by atoms with Crippen LogP contribution in [0, 0.1) is 6.92 Å². The largest absolute Gasteiger partial charge is 0.496 e. The lowest BCUT2D eigenvalue weighted by Gasteiger charge is -2.20. The number of halogens is 1. The van der Waals surface area contributed by atoms with E-state index < -0.39 is 12.0 Å². The first-order valence-corrected chi connectivity index (χ1v) is 14.6. The van der Waals surface area contributed by atoms with Crippen molar-refractivity contribution in [2.24, 2.45) is 0 Å². The van der Waals surface area contributed by atoms with Crippen LogP contribution in [0.5, 0.6) is 5.75 Å². The molecule has 2 aromatic rings. The van der Waals surface area contributed by atoms with Gasteiger partial charge in [-0.25, -0.2) is 9.59 Å². The number of nitrogens with one attached hydrogen (secondary N) is 2. The third kappa shape index (κ3) is 7.30. The fourth-order valence-corrected chi connectivity index (χ4v) is 5.90. The number of carbonyl (C=O) groups excluding carboxylic acids is 3. The van der Waals surface area contributed by atoms with Crippen LogP contribution in [0.25, 0.3) is 0 Å². The van der Waals surface area contributed by atoms with E-state index in [9.17, 15) is 14.4 Å². The maximum atomic E-state index is 13.0. The number of rotatable bonds is 11. The third-order valence-electron chi connectivity index (χ3n) is 6.91. The highest BCUT2D eigenvalue weighted by atomic mass is 35.5. The molecular weight excluding hydrogens is 554 g/mol. The van der Waals surface area contributed by atoms with E-state index in [1.807, 2.05) is 31.7 Å². The van der Waals surface area contributed by atoms with Crippen molar-refractivity contribution in [3.63, 3.8) is 0 Å². The first-order valence-electron chi connectivity index (χ1n) is 13.1. The Hall–Kier alpha value is -3.21. The molecule has 40 heavy (non-hydrogen) atoms. The molecule has 0 unspecified atom stereocenters. The number of para-hydroxylation sites is 1. The van der Waals surface area contributed by atoms with Crippen molar-refractivity contribution in [3.05, 3.63) is 63.2 Å². The van der Waals surface area contributed by atoms with Crippen LogP contribution in [-0.2, 0) is 27.3 Å². The molecule has 0 aliphatic carbocycles. The van der Waals surface area contributed by atoms with Gasteiger partial charge in [-0.05, 0) is 44.4 Å². The minimum atomic E-state index is -0.557. The van der Waals surface area contributed by atoms with Crippen LogP contribution in [0.1, 0.15) is 46.8 Å². The second-order valence-corrected chi connectivity index (χ2v) is 11.1. The second-order valence-electron chi connectivity index (χ2n) is 9.63. The average molecular weight is 588 g/mol. The Bertz CT molecular complexity index is 1310. The summed E-state index contributed by atoms with van der Waals surface area (Å²) in [7, 11) is 1.55. The van der Waals surface area contributed by atoms with Gasteiger partial charge in [0.1, 0.15) is 19.0 Å². The summed E-state index contributed by atoms with van der Waals surface area (Å²) in [6.07, 6.45) is 3.13. The predicted octanol–water partition coefficient (Wildman–Crippen LogP) is 5.79. The van der Waals surface area contributed by atoms with Crippen molar-refractivity contribution in [2.75, 3.05) is 49.1 Å². The first kappa shape index (κ1) is 29.8. The van der Waals surface area contributed by atoms with E-state index in [-0.39, 0.29) is 19.0 Å². The number of amides is 2. The number of anilines is 2.